The van der Waals surface area contributed by atoms with E-state index in [2.05, 4.69) is 11.5 Å². The third-order valence-electron chi connectivity index (χ3n) is 1.71. The fraction of sp³-hybridized carbons (Fsp3) is 0.750. The summed E-state index contributed by atoms with van der Waals surface area (Å²) in [7, 11) is 0. The average Bonchev–Trinajstić information content (AvgIpc) is 2.41. The summed E-state index contributed by atoms with van der Waals surface area (Å²) in [4.78, 5) is 2.51. The summed E-state index contributed by atoms with van der Waals surface area (Å²) in [5, 5.41) is 0. The fourth-order valence-electron chi connectivity index (χ4n) is 1.18. The van der Waals surface area contributed by atoms with Crippen molar-refractivity contribution >= 4 is 11.8 Å². The van der Waals surface area contributed by atoms with Crippen LogP contribution in [0.2, 0.25) is 0 Å². The van der Waals surface area contributed by atoms with Gasteiger partial charge in [-0.05, 0) is 25.9 Å². The van der Waals surface area contributed by atoms with E-state index in [1.807, 2.05) is 17.8 Å². The smallest absolute Gasteiger partial charge is 0.0447 e. The van der Waals surface area contributed by atoms with Crippen LogP contribution in [0.4, 0.5) is 0 Å². The van der Waals surface area contributed by atoms with Crippen LogP contribution in [0.15, 0.2) is 12.7 Å². The van der Waals surface area contributed by atoms with Crippen LogP contribution in [0.25, 0.3) is 0 Å². The van der Waals surface area contributed by atoms with Crippen LogP contribution < -0.4 is 0 Å². The molecule has 0 amide bonds. The molecule has 0 aromatic heterocycles. The van der Waals surface area contributed by atoms with Crippen molar-refractivity contribution in [2.24, 2.45) is 0 Å². The Labute approximate surface area is 67.5 Å². The zero-order valence-corrected chi connectivity index (χ0v) is 7.20. The first-order valence-electron chi connectivity index (χ1n) is 3.84. The molecular formula is C8H15NS. The molecule has 1 aliphatic rings. The molecule has 1 heterocycles. The second-order valence-electron chi connectivity index (χ2n) is 2.61. The number of likely N-dealkylation sites (tertiary alicyclic amines) is 1. The Morgan fingerprint density at radius 2 is 2.10 bits per heavy atom. The molecule has 0 bridgehead atoms. The van der Waals surface area contributed by atoms with Gasteiger partial charge in [-0.15, -0.1) is 18.3 Å². The van der Waals surface area contributed by atoms with Crippen molar-refractivity contribution in [3.63, 3.8) is 0 Å². The minimum Gasteiger partial charge on any atom is -0.294 e. The molecule has 0 saturated carbocycles. The highest BCUT2D eigenvalue weighted by molar-refractivity contribution is 7.99. The van der Waals surface area contributed by atoms with E-state index in [1.165, 1.54) is 31.8 Å². The van der Waals surface area contributed by atoms with Crippen molar-refractivity contribution in [3.05, 3.63) is 12.7 Å². The summed E-state index contributed by atoms with van der Waals surface area (Å²) in [6.07, 6.45) is 4.77. The molecule has 0 radical (unpaired) electrons. The van der Waals surface area contributed by atoms with Crippen LogP contribution in [-0.2, 0) is 0 Å². The van der Waals surface area contributed by atoms with E-state index >= 15 is 0 Å². The SMILES string of the molecule is C=CCSCN1CCCC1. The molecule has 0 N–H and O–H groups in total. The molecule has 0 unspecified atom stereocenters. The lowest BCUT2D eigenvalue weighted by atomic mass is 10.4. The number of nitrogens with zero attached hydrogens (tertiary/aromatic N) is 1. The first-order valence-corrected chi connectivity index (χ1v) is 5.00. The molecule has 0 atom stereocenters. The van der Waals surface area contributed by atoms with E-state index < -0.39 is 0 Å². The standard InChI is InChI=1S/C8H15NS/c1-2-7-10-8-9-5-3-4-6-9/h2H,1,3-8H2. The normalized spacial score (nSPS) is 19.6. The van der Waals surface area contributed by atoms with Crippen LogP contribution in [0.5, 0.6) is 0 Å². The van der Waals surface area contributed by atoms with Gasteiger partial charge in [0, 0.05) is 11.6 Å². The molecule has 2 heteroatoms. The molecule has 58 valence electrons. The Kier molecular flexibility index (Phi) is 3.91. The Morgan fingerprint density at radius 3 is 2.70 bits per heavy atom. The summed E-state index contributed by atoms with van der Waals surface area (Å²) in [5.74, 6) is 2.29. The average molecular weight is 157 g/mol. The maximum absolute atomic E-state index is 3.69. The highest BCUT2D eigenvalue weighted by Gasteiger charge is 2.09. The van der Waals surface area contributed by atoms with E-state index in [-0.39, 0.29) is 0 Å². The first kappa shape index (κ1) is 8.15. The van der Waals surface area contributed by atoms with Crippen LogP contribution in [0.1, 0.15) is 12.8 Å². The molecule has 1 nitrogen and oxygen atoms in total. The monoisotopic (exact) mass is 157 g/mol. The minimum atomic E-state index is 1.09. The zero-order valence-electron chi connectivity index (χ0n) is 6.38. The predicted molar refractivity (Wildman–Crippen MR) is 48.3 cm³/mol. The van der Waals surface area contributed by atoms with E-state index in [4.69, 9.17) is 0 Å². The highest BCUT2D eigenvalue weighted by Crippen LogP contribution is 2.11. The largest absolute Gasteiger partial charge is 0.294 e. The maximum atomic E-state index is 3.69. The van der Waals surface area contributed by atoms with Crippen LogP contribution in [0.3, 0.4) is 0 Å². The molecule has 0 aromatic carbocycles. The molecule has 0 aliphatic carbocycles. The number of thioether (sulfide) groups is 1. The van der Waals surface area contributed by atoms with Gasteiger partial charge in [-0.25, -0.2) is 0 Å². The number of hydrogen-bond donors (Lipinski definition) is 0. The van der Waals surface area contributed by atoms with Crippen molar-refractivity contribution in [1.82, 2.24) is 4.90 Å². The molecule has 1 fully saturated rings. The summed E-state index contributed by atoms with van der Waals surface area (Å²) in [6, 6.07) is 0. The maximum Gasteiger partial charge on any atom is 0.0447 e. The van der Waals surface area contributed by atoms with Crippen molar-refractivity contribution in [3.8, 4) is 0 Å². The van der Waals surface area contributed by atoms with Crippen LogP contribution >= 0.6 is 11.8 Å². The zero-order chi connectivity index (χ0) is 7.23. The second kappa shape index (κ2) is 4.80. The Hall–Kier alpha value is 0.0500. The van der Waals surface area contributed by atoms with Gasteiger partial charge in [-0.2, -0.15) is 0 Å². The molecule has 1 rings (SSSR count). The van der Waals surface area contributed by atoms with Gasteiger partial charge in [0.15, 0.2) is 0 Å². The molecule has 1 aliphatic heterocycles. The first-order chi connectivity index (χ1) is 4.93. The van der Waals surface area contributed by atoms with E-state index in [9.17, 15) is 0 Å². The molecule has 10 heavy (non-hydrogen) atoms. The number of rotatable bonds is 4. The summed E-state index contributed by atoms with van der Waals surface area (Å²) in [5.41, 5.74) is 0. The lowest BCUT2D eigenvalue weighted by molar-refractivity contribution is 0.401. The Balaban J connectivity index is 1.96. The molecule has 1 saturated heterocycles. The highest BCUT2D eigenvalue weighted by atomic mass is 32.2. The molecule has 0 aromatic rings. The predicted octanol–water partition coefficient (Wildman–Crippen LogP) is 1.96. The summed E-state index contributed by atoms with van der Waals surface area (Å²) in [6.45, 7) is 6.30. The summed E-state index contributed by atoms with van der Waals surface area (Å²) >= 11 is 1.96. The van der Waals surface area contributed by atoms with Gasteiger partial charge in [-0.1, -0.05) is 6.08 Å². The van der Waals surface area contributed by atoms with Gasteiger partial charge in [0.25, 0.3) is 0 Å². The fourth-order valence-corrected chi connectivity index (χ4v) is 1.97. The van der Waals surface area contributed by atoms with Crippen molar-refractivity contribution in [2.45, 2.75) is 12.8 Å². The van der Waals surface area contributed by atoms with Crippen molar-refractivity contribution in [1.29, 1.82) is 0 Å². The lowest BCUT2D eigenvalue weighted by Gasteiger charge is -2.12. The van der Waals surface area contributed by atoms with Gasteiger partial charge >= 0.3 is 0 Å². The minimum absolute atomic E-state index is 1.09. The van der Waals surface area contributed by atoms with E-state index in [0.717, 1.165) is 5.75 Å². The van der Waals surface area contributed by atoms with Gasteiger partial charge < -0.3 is 0 Å². The summed E-state index contributed by atoms with van der Waals surface area (Å²) < 4.78 is 0. The second-order valence-corrected chi connectivity index (χ2v) is 3.61. The third kappa shape index (κ3) is 2.76. The van der Waals surface area contributed by atoms with Crippen molar-refractivity contribution in [2.75, 3.05) is 24.7 Å². The lowest BCUT2D eigenvalue weighted by Crippen LogP contribution is -2.18. The van der Waals surface area contributed by atoms with E-state index in [1.54, 1.807) is 0 Å². The quantitative estimate of drug-likeness (QED) is 0.453. The topological polar surface area (TPSA) is 3.24 Å². The Morgan fingerprint density at radius 1 is 1.40 bits per heavy atom. The molecular weight excluding hydrogens is 142 g/mol. The Bertz CT molecular complexity index is 97.4. The van der Waals surface area contributed by atoms with Crippen LogP contribution in [-0.4, -0.2) is 29.6 Å². The third-order valence-corrected chi connectivity index (χ3v) is 2.73. The van der Waals surface area contributed by atoms with Gasteiger partial charge in [0.1, 0.15) is 0 Å². The van der Waals surface area contributed by atoms with Gasteiger partial charge in [-0.3, -0.25) is 4.90 Å². The van der Waals surface area contributed by atoms with Gasteiger partial charge in [0.05, 0.1) is 0 Å². The molecule has 0 spiro atoms. The number of hydrogen-bond acceptors (Lipinski definition) is 2. The van der Waals surface area contributed by atoms with E-state index in [0.29, 0.717) is 0 Å². The van der Waals surface area contributed by atoms with Crippen molar-refractivity contribution < 1.29 is 0 Å². The van der Waals surface area contributed by atoms with Gasteiger partial charge in [0.2, 0.25) is 0 Å². The van der Waals surface area contributed by atoms with Crippen LogP contribution in [0, 0.1) is 0 Å².